The number of carbonyl (C=O) groups excluding carboxylic acids is 1. The molecule has 5 unspecified atom stereocenters. The lowest BCUT2D eigenvalue weighted by atomic mass is 9.96. The van der Waals surface area contributed by atoms with Crippen LogP contribution < -0.4 is 5.32 Å². The molecule has 0 amide bonds. The molecule has 1 fully saturated rings. The number of hydrogen-bond donors (Lipinski definition) is 4. The summed E-state index contributed by atoms with van der Waals surface area (Å²) in [6, 6.07) is 0. The van der Waals surface area contributed by atoms with E-state index < -0.39 is 23.4 Å². The summed E-state index contributed by atoms with van der Waals surface area (Å²) in [5.41, 5.74) is 0. The van der Waals surface area contributed by atoms with Crippen LogP contribution in [-0.4, -0.2) is 63.7 Å². The first-order valence-electron chi connectivity index (χ1n) is 6.93. The molecule has 0 aromatic heterocycles. The van der Waals surface area contributed by atoms with E-state index >= 15 is 0 Å². The van der Waals surface area contributed by atoms with E-state index in [1.807, 2.05) is 0 Å². The summed E-state index contributed by atoms with van der Waals surface area (Å²) in [4.78, 5) is 22.0. The van der Waals surface area contributed by atoms with Gasteiger partial charge in [-0.2, -0.15) is 0 Å². The van der Waals surface area contributed by atoms with Crippen molar-refractivity contribution in [2.24, 2.45) is 5.92 Å². The van der Waals surface area contributed by atoms with Gasteiger partial charge in [-0.1, -0.05) is 6.92 Å². The highest BCUT2D eigenvalue weighted by atomic mass is 32.2. The molecule has 1 saturated heterocycles. The highest BCUT2D eigenvalue weighted by molar-refractivity contribution is 8.01. The lowest BCUT2D eigenvalue weighted by Crippen LogP contribution is -2.55. The van der Waals surface area contributed by atoms with Gasteiger partial charge < -0.3 is 25.4 Å². The second kappa shape index (κ2) is 8.57. The maximum atomic E-state index is 11.1. The van der Waals surface area contributed by atoms with Gasteiger partial charge in [-0.15, -0.1) is 11.8 Å². The van der Waals surface area contributed by atoms with Gasteiger partial charge in [0.05, 0.1) is 18.6 Å². The second-order valence-corrected chi connectivity index (χ2v) is 6.43. The third-order valence-corrected chi connectivity index (χ3v) is 5.26. The molecule has 1 aliphatic heterocycles. The van der Waals surface area contributed by atoms with Crippen LogP contribution in [0.15, 0.2) is 0 Å². The van der Waals surface area contributed by atoms with Gasteiger partial charge in [0.15, 0.2) is 0 Å². The molecular formula is C13H23NO6S. The fourth-order valence-electron chi connectivity index (χ4n) is 2.21. The number of thioether (sulfide) groups is 1. The zero-order chi connectivity index (χ0) is 16.0. The Morgan fingerprint density at radius 3 is 2.48 bits per heavy atom. The molecule has 0 bridgehead atoms. The van der Waals surface area contributed by atoms with Crippen molar-refractivity contribution in [3.05, 3.63) is 0 Å². The molecule has 8 heteroatoms. The van der Waals surface area contributed by atoms with Crippen LogP contribution in [0.3, 0.4) is 0 Å². The first-order chi connectivity index (χ1) is 9.88. The number of methoxy groups -OCH3 is 1. The second-order valence-electron chi connectivity index (χ2n) is 5.14. The van der Waals surface area contributed by atoms with Gasteiger partial charge in [-0.05, 0) is 19.4 Å². The van der Waals surface area contributed by atoms with E-state index in [0.717, 1.165) is 18.2 Å². The largest absolute Gasteiger partial charge is 0.480 e. The van der Waals surface area contributed by atoms with E-state index in [1.54, 1.807) is 6.92 Å². The predicted molar refractivity (Wildman–Crippen MR) is 77.9 cm³/mol. The molecule has 4 N–H and O–H groups in total. The van der Waals surface area contributed by atoms with Crippen molar-refractivity contribution in [2.75, 3.05) is 13.7 Å². The minimum atomic E-state index is -1.26. The molecule has 0 spiro atoms. The molecule has 0 radical (unpaired) electrons. The van der Waals surface area contributed by atoms with Gasteiger partial charge in [0, 0.05) is 12.3 Å². The predicted octanol–water partition coefficient (Wildman–Crippen LogP) is -0.197. The topological polar surface area (TPSA) is 116 Å². The maximum absolute atomic E-state index is 11.1. The number of aliphatic hydroxyl groups excluding tert-OH is 2. The molecule has 122 valence electrons. The smallest absolute Gasteiger partial charge is 0.319 e. The molecule has 0 saturated carbocycles. The van der Waals surface area contributed by atoms with Gasteiger partial charge in [0.2, 0.25) is 0 Å². The molecule has 0 aliphatic carbocycles. The summed E-state index contributed by atoms with van der Waals surface area (Å²) in [5.74, 6) is -1.64. The maximum Gasteiger partial charge on any atom is 0.319 e. The highest BCUT2D eigenvalue weighted by Crippen LogP contribution is 2.35. The fraction of sp³-hybridized carbons (Fsp3) is 0.846. The van der Waals surface area contributed by atoms with Gasteiger partial charge in [-0.25, -0.2) is 0 Å². The standard InChI is InChI=1S/C13H23NO6S/c1-7-9(16)10(17)11(13(18)19)21-12(7)14-6-4-3-5-8(15)20-2/h7,9-12,14,16-17H,3-6H2,1-2H3,(H,18,19). The minimum absolute atomic E-state index is 0.248. The van der Waals surface area contributed by atoms with E-state index in [1.165, 1.54) is 7.11 Å². The number of carbonyl (C=O) groups is 2. The molecular weight excluding hydrogens is 298 g/mol. The first-order valence-corrected chi connectivity index (χ1v) is 7.87. The van der Waals surface area contributed by atoms with E-state index in [9.17, 15) is 19.8 Å². The quantitative estimate of drug-likeness (QED) is 0.376. The molecule has 5 atom stereocenters. The lowest BCUT2D eigenvalue weighted by Gasteiger charge is -2.39. The third kappa shape index (κ3) is 5.14. The number of hydrogen-bond acceptors (Lipinski definition) is 7. The number of ether oxygens (including phenoxy) is 1. The van der Waals surface area contributed by atoms with Crippen LogP contribution in [0, 0.1) is 5.92 Å². The Bertz CT molecular complexity index is 367. The number of aliphatic hydroxyl groups is 2. The SMILES string of the molecule is COC(=O)CCCCNC1SC(C(=O)O)C(O)C(O)C1C. The number of carboxylic acid groups (broad SMARTS) is 1. The van der Waals surface area contributed by atoms with E-state index in [4.69, 9.17) is 5.11 Å². The van der Waals surface area contributed by atoms with Crippen molar-refractivity contribution >= 4 is 23.7 Å². The zero-order valence-corrected chi connectivity index (χ0v) is 13.0. The van der Waals surface area contributed by atoms with Gasteiger partial charge in [-0.3, -0.25) is 9.59 Å². The zero-order valence-electron chi connectivity index (χ0n) is 12.2. The van der Waals surface area contributed by atoms with E-state index in [2.05, 4.69) is 10.1 Å². The lowest BCUT2D eigenvalue weighted by molar-refractivity contribution is -0.142. The average molecular weight is 321 g/mol. The van der Waals surface area contributed by atoms with Crippen LogP contribution in [0.1, 0.15) is 26.2 Å². The van der Waals surface area contributed by atoms with Crippen molar-refractivity contribution in [1.82, 2.24) is 5.32 Å². The van der Waals surface area contributed by atoms with Gasteiger partial charge >= 0.3 is 11.9 Å². The Morgan fingerprint density at radius 1 is 1.24 bits per heavy atom. The van der Waals surface area contributed by atoms with Gasteiger partial charge in [0.25, 0.3) is 0 Å². The van der Waals surface area contributed by atoms with Crippen LogP contribution in [-0.2, 0) is 14.3 Å². The van der Waals surface area contributed by atoms with Crippen molar-refractivity contribution in [1.29, 1.82) is 0 Å². The number of aliphatic carboxylic acids is 1. The summed E-state index contributed by atoms with van der Waals surface area (Å²) in [6.45, 7) is 2.37. The Kier molecular flexibility index (Phi) is 7.44. The Balaban J connectivity index is 2.39. The van der Waals surface area contributed by atoms with Gasteiger partial charge in [0.1, 0.15) is 11.4 Å². The summed E-state index contributed by atoms with van der Waals surface area (Å²) < 4.78 is 4.54. The molecule has 0 aromatic rings. The van der Waals surface area contributed by atoms with E-state index in [0.29, 0.717) is 19.4 Å². The van der Waals surface area contributed by atoms with E-state index in [-0.39, 0.29) is 17.3 Å². The Morgan fingerprint density at radius 2 is 1.90 bits per heavy atom. The third-order valence-electron chi connectivity index (χ3n) is 3.59. The van der Waals surface area contributed by atoms with Crippen LogP contribution >= 0.6 is 11.8 Å². The summed E-state index contributed by atoms with van der Waals surface area (Å²) in [6.07, 6.45) is -0.557. The molecule has 1 aliphatic rings. The van der Waals surface area contributed by atoms with Crippen molar-refractivity contribution in [3.63, 3.8) is 0 Å². The first kappa shape index (κ1) is 18.2. The number of esters is 1. The number of rotatable bonds is 7. The Labute approximate surface area is 128 Å². The highest BCUT2D eigenvalue weighted by Gasteiger charge is 2.44. The summed E-state index contributed by atoms with van der Waals surface area (Å²) >= 11 is 1.12. The van der Waals surface area contributed by atoms with Crippen molar-refractivity contribution in [3.8, 4) is 0 Å². The molecule has 1 rings (SSSR count). The van der Waals surface area contributed by atoms with Crippen molar-refractivity contribution in [2.45, 2.75) is 49.0 Å². The molecule has 21 heavy (non-hydrogen) atoms. The average Bonchev–Trinajstić information content (AvgIpc) is 2.45. The monoisotopic (exact) mass is 321 g/mol. The number of carboxylic acids is 1. The molecule has 0 aromatic carbocycles. The van der Waals surface area contributed by atoms with Crippen LogP contribution in [0.25, 0.3) is 0 Å². The fourth-order valence-corrected chi connectivity index (χ4v) is 3.59. The summed E-state index contributed by atoms with van der Waals surface area (Å²) in [5, 5.41) is 30.6. The molecule has 7 nitrogen and oxygen atoms in total. The van der Waals surface area contributed by atoms with Crippen molar-refractivity contribution < 1.29 is 29.6 Å². The number of unbranched alkanes of at least 4 members (excludes halogenated alkanes) is 1. The minimum Gasteiger partial charge on any atom is -0.480 e. The molecule has 1 heterocycles. The van der Waals surface area contributed by atoms with Crippen LogP contribution in [0.4, 0.5) is 0 Å². The van der Waals surface area contributed by atoms with Crippen LogP contribution in [0.5, 0.6) is 0 Å². The van der Waals surface area contributed by atoms with Crippen LogP contribution in [0.2, 0.25) is 0 Å². The Hall–Kier alpha value is -0.830. The normalized spacial score (nSPS) is 32.7. The summed E-state index contributed by atoms with van der Waals surface area (Å²) in [7, 11) is 1.35. The number of nitrogens with one attached hydrogen (secondary N) is 1.